The number of hydrogen-bond acceptors (Lipinski definition) is 5. The number of aromatic nitrogens is 1. The van der Waals surface area contributed by atoms with E-state index in [1.54, 1.807) is 12.1 Å². The SMILES string of the molecule is CS(=O)(=O)NC[C@@H](c1cccnc1)S(=O)(=O)c1ccc(Cl)cc1. The van der Waals surface area contributed by atoms with Gasteiger partial charge in [-0.05, 0) is 35.9 Å². The van der Waals surface area contributed by atoms with Crippen LogP contribution in [-0.4, -0.2) is 34.6 Å². The second-order valence-electron chi connectivity index (χ2n) is 4.89. The Labute approximate surface area is 140 Å². The van der Waals surface area contributed by atoms with Gasteiger partial charge in [0.05, 0.1) is 11.2 Å². The van der Waals surface area contributed by atoms with Gasteiger partial charge in [0.2, 0.25) is 10.0 Å². The molecule has 0 saturated heterocycles. The summed E-state index contributed by atoms with van der Waals surface area (Å²) in [7, 11) is -7.35. The molecule has 2 rings (SSSR count). The summed E-state index contributed by atoms with van der Waals surface area (Å²) in [4.78, 5) is 3.97. The molecular formula is C14H15ClN2O4S2. The van der Waals surface area contributed by atoms with Crippen molar-refractivity contribution >= 4 is 31.5 Å². The predicted molar refractivity (Wildman–Crippen MR) is 88.5 cm³/mol. The number of benzene rings is 1. The highest BCUT2D eigenvalue weighted by molar-refractivity contribution is 7.92. The molecule has 0 unspecified atom stereocenters. The van der Waals surface area contributed by atoms with Crippen molar-refractivity contribution in [2.75, 3.05) is 12.8 Å². The van der Waals surface area contributed by atoms with Crippen LogP contribution in [0.1, 0.15) is 10.8 Å². The maximum absolute atomic E-state index is 12.9. The first-order valence-electron chi connectivity index (χ1n) is 6.54. The Morgan fingerprint density at radius 1 is 1.13 bits per heavy atom. The van der Waals surface area contributed by atoms with Gasteiger partial charge in [-0.3, -0.25) is 4.98 Å². The van der Waals surface area contributed by atoms with E-state index >= 15 is 0 Å². The van der Waals surface area contributed by atoms with E-state index in [2.05, 4.69) is 9.71 Å². The van der Waals surface area contributed by atoms with E-state index in [0.29, 0.717) is 10.6 Å². The topological polar surface area (TPSA) is 93.2 Å². The standard InChI is InChI=1S/C14H15ClN2O4S2/c1-22(18,19)17-10-14(11-3-2-8-16-9-11)23(20,21)13-6-4-12(15)5-7-13/h2-9,14,17H,10H2,1H3/t14-/m0/s1. The van der Waals surface area contributed by atoms with Gasteiger partial charge in [0.1, 0.15) is 5.25 Å². The van der Waals surface area contributed by atoms with Crippen LogP contribution in [0.3, 0.4) is 0 Å². The summed E-state index contributed by atoms with van der Waals surface area (Å²) in [5.74, 6) is 0. The molecule has 124 valence electrons. The number of rotatable bonds is 6. The van der Waals surface area contributed by atoms with Gasteiger partial charge >= 0.3 is 0 Å². The zero-order chi connectivity index (χ0) is 17.1. The van der Waals surface area contributed by atoms with E-state index in [1.165, 1.54) is 36.7 Å². The maximum atomic E-state index is 12.9. The van der Waals surface area contributed by atoms with Gasteiger partial charge in [0, 0.05) is 24.0 Å². The molecule has 0 aliphatic carbocycles. The Bertz CT molecular complexity index is 867. The number of nitrogens with zero attached hydrogens (tertiary/aromatic N) is 1. The van der Waals surface area contributed by atoms with Gasteiger partial charge < -0.3 is 0 Å². The predicted octanol–water partition coefficient (Wildman–Crippen LogP) is 1.80. The van der Waals surface area contributed by atoms with Crippen LogP contribution in [0.2, 0.25) is 5.02 Å². The van der Waals surface area contributed by atoms with Gasteiger partial charge in [-0.1, -0.05) is 17.7 Å². The molecule has 1 atom stereocenters. The third-order valence-electron chi connectivity index (χ3n) is 3.10. The number of hydrogen-bond donors (Lipinski definition) is 1. The molecule has 1 heterocycles. The molecule has 9 heteroatoms. The fourth-order valence-corrected chi connectivity index (χ4v) is 4.33. The Kier molecular flexibility index (Phi) is 5.41. The van der Waals surface area contributed by atoms with Gasteiger partial charge in [-0.15, -0.1) is 0 Å². The second-order valence-corrected chi connectivity index (χ2v) is 9.29. The van der Waals surface area contributed by atoms with Gasteiger partial charge in [0.15, 0.2) is 9.84 Å². The molecule has 6 nitrogen and oxygen atoms in total. The molecule has 0 bridgehead atoms. The smallest absolute Gasteiger partial charge is 0.208 e. The van der Waals surface area contributed by atoms with Crippen molar-refractivity contribution in [2.45, 2.75) is 10.1 Å². The van der Waals surface area contributed by atoms with Gasteiger partial charge in [-0.2, -0.15) is 0 Å². The lowest BCUT2D eigenvalue weighted by atomic mass is 10.2. The number of nitrogens with one attached hydrogen (secondary N) is 1. The second kappa shape index (κ2) is 6.96. The summed E-state index contributed by atoms with van der Waals surface area (Å²) < 4.78 is 50.6. The van der Waals surface area contributed by atoms with Crippen molar-refractivity contribution in [2.24, 2.45) is 0 Å². The molecule has 2 aromatic rings. The van der Waals surface area contributed by atoms with Crippen LogP contribution in [-0.2, 0) is 19.9 Å². The van der Waals surface area contributed by atoms with Gasteiger partial charge in [0.25, 0.3) is 0 Å². The summed E-state index contributed by atoms with van der Waals surface area (Å²) in [6, 6.07) is 8.91. The largest absolute Gasteiger partial charge is 0.264 e. The van der Waals surface area contributed by atoms with Crippen LogP contribution >= 0.6 is 11.6 Å². The lowest BCUT2D eigenvalue weighted by molar-refractivity contribution is 0.571. The molecule has 0 radical (unpaired) electrons. The molecule has 1 aromatic heterocycles. The van der Waals surface area contributed by atoms with Crippen LogP contribution in [0.4, 0.5) is 0 Å². The van der Waals surface area contributed by atoms with Crippen molar-refractivity contribution in [3.8, 4) is 0 Å². The Hall–Kier alpha value is -1.48. The third kappa shape index (κ3) is 4.74. The monoisotopic (exact) mass is 374 g/mol. The Balaban J connectivity index is 2.45. The summed E-state index contributed by atoms with van der Waals surface area (Å²) in [6.07, 6.45) is 3.89. The van der Waals surface area contributed by atoms with E-state index in [4.69, 9.17) is 11.6 Å². The van der Waals surface area contributed by atoms with Crippen molar-refractivity contribution in [3.63, 3.8) is 0 Å². The average Bonchev–Trinajstić information content (AvgIpc) is 2.47. The minimum Gasteiger partial charge on any atom is -0.264 e. The minimum atomic E-state index is -3.82. The average molecular weight is 375 g/mol. The molecule has 0 aliphatic heterocycles. The quantitative estimate of drug-likeness (QED) is 0.832. The third-order valence-corrected chi connectivity index (χ3v) is 6.16. The van der Waals surface area contributed by atoms with E-state index in [9.17, 15) is 16.8 Å². The first kappa shape index (κ1) is 17.9. The fraction of sp³-hybridized carbons (Fsp3) is 0.214. The number of sulfonamides is 1. The zero-order valence-corrected chi connectivity index (χ0v) is 14.6. The number of sulfone groups is 1. The first-order chi connectivity index (χ1) is 10.7. The van der Waals surface area contributed by atoms with Crippen molar-refractivity contribution in [1.82, 2.24) is 9.71 Å². The van der Waals surface area contributed by atoms with E-state index in [0.717, 1.165) is 6.26 Å². The van der Waals surface area contributed by atoms with E-state index in [1.807, 2.05) is 0 Å². The highest BCUT2D eigenvalue weighted by atomic mass is 35.5. The van der Waals surface area contributed by atoms with E-state index < -0.39 is 25.1 Å². The molecule has 0 aliphatic rings. The summed E-state index contributed by atoms with van der Waals surface area (Å²) in [5.41, 5.74) is 0.401. The molecule has 0 saturated carbocycles. The Morgan fingerprint density at radius 3 is 2.30 bits per heavy atom. The number of pyridine rings is 1. The van der Waals surface area contributed by atoms with Crippen LogP contribution < -0.4 is 4.72 Å². The zero-order valence-electron chi connectivity index (χ0n) is 12.2. The number of halogens is 1. The van der Waals surface area contributed by atoms with Crippen LogP contribution in [0.5, 0.6) is 0 Å². The lowest BCUT2D eigenvalue weighted by Gasteiger charge is -2.18. The highest BCUT2D eigenvalue weighted by Gasteiger charge is 2.30. The molecular weight excluding hydrogens is 360 g/mol. The van der Waals surface area contributed by atoms with Crippen molar-refractivity contribution in [3.05, 3.63) is 59.4 Å². The van der Waals surface area contributed by atoms with Crippen molar-refractivity contribution < 1.29 is 16.8 Å². The maximum Gasteiger partial charge on any atom is 0.208 e. The fourth-order valence-electron chi connectivity index (χ4n) is 1.99. The molecule has 1 aromatic carbocycles. The van der Waals surface area contributed by atoms with Gasteiger partial charge in [-0.25, -0.2) is 21.6 Å². The molecule has 0 spiro atoms. The summed E-state index contributed by atoms with van der Waals surface area (Å²) in [5, 5.41) is -0.678. The van der Waals surface area contributed by atoms with E-state index in [-0.39, 0.29) is 11.4 Å². The van der Waals surface area contributed by atoms with Crippen LogP contribution in [0.25, 0.3) is 0 Å². The lowest BCUT2D eigenvalue weighted by Crippen LogP contribution is -2.31. The summed E-state index contributed by atoms with van der Waals surface area (Å²) >= 11 is 5.78. The minimum absolute atomic E-state index is 0.0612. The molecule has 23 heavy (non-hydrogen) atoms. The molecule has 1 N–H and O–H groups in total. The van der Waals surface area contributed by atoms with Crippen LogP contribution in [0, 0.1) is 0 Å². The Morgan fingerprint density at radius 2 is 1.78 bits per heavy atom. The van der Waals surface area contributed by atoms with Crippen LogP contribution in [0.15, 0.2) is 53.7 Å². The molecule has 0 amide bonds. The normalized spacial score (nSPS) is 13.7. The van der Waals surface area contributed by atoms with Crippen molar-refractivity contribution in [1.29, 1.82) is 0 Å². The first-order valence-corrected chi connectivity index (χ1v) is 10.4. The highest BCUT2D eigenvalue weighted by Crippen LogP contribution is 2.29. The molecule has 0 fully saturated rings. The summed E-state index contributed by atoms with van der Waals surface area (Å²) in [6.45, 7) is -0.282.